The van der Waals surface area contributed by atoms with Gasteiger partial charge in [-0.2, -0.15) is 0 Å². The quantitative estimate of drug-likeness (QED) is 0.516. The molecule has 0 saturated carbocycles. The lowest BCUT2D eigenvalue weighted by Gasteiger charge is -2.36. The van der Waals surface area contributed by atoms with Crippen LogP contribution in [0.4, 0.5) is 10.1 Å². The van der Waals surface area contributed by atoms with Crippen molar-refractivity contribution in [1.29, 1.82) is 0 Å². The highest BCUT2D eigenvalue weighted by molar-refractivity contribution is 6.37. The molecule has 0 unspecified atom stereocenters. The number of methoxy groups -OCH3 is 1. The van der Waals surface area contributed by atoms with Gasteiger partial charge in [0, 0.05) is 56.4 Å². The van der Waals surface area contributed by atoms with E-state index in [1.165, 1.54) is 12.1 Å². The van der Waals surface area contributed by atoms with Gasteiger partial charge in [-0.05, 0) is 41.5 Å². The Bertz CT molecular complexity index is 998. The Balaban J connectivity index is 1.40. The third-order valence-corrected chi connectivity index (χ3v) is 5.86. The van der Waals surface area contributed by atoms with Gasteiger partial charge in [0.25, 0.3) is 0 Å². The molecule has 2 aromatic carbocycles. The minimum Gasteiger partial charge on any atom is -0.494 e. The predicted molar refractivity (Wildman–Crippen MR) is 120 cm³/mol. The van der Waals surface area contributed by atoms with Crippen LogP contribution in [0.15, 0.2) is 54.9 Å². The highest BCUT2D eigenvalue weighted by Gasteiger charge is 2.20. The van der Waals surface area contributed by atoms with Gasteiger partial charge in [0.2, 0.25) is 0 Å². The van der Waals surface area contributed by atoms with Crippen molar-refractivity contribution in [3.63, 3.8) is 0 Å². The Morgan fingerprint density at radius 1 is 0.933 bits per heavy atom. The highest BCUT2D eigenvalue weighted by Crippen LogP contribution is 2.37. The number of piperazine rings is 1. The standard InChI is InChI=1S/C23H22Cl2FN3O/c1-30-23-21(24)11-20(12-22(23)25)29-8-6-28(7-9-29)15-16-10-18(14-27-13-16)17-2-4-19(26)5-3-17/h2-5,10-14H,6-9,15H2,1H3. The summed E-state index contributed by atoms with van der Waals surface area (Å²) >= 11 is 12.6. The van der Waals surface area contributed by atoms with Crippen molar-refractivity contribution in [2.24, 2.45) is 0 Å². The maximum Gasteiger partial charge on any atom is 0.156 e. The van der Waals surface area contributed by atoms with Crippen LogP contribution in [0.1, 0.15) is 5.56 Å². The molecule has 156 valence electrons. The number of anilines is 1. The summed E-state index contributed by atoms with van der Waals surface area (Å²) in [4.78, 5) is 9.05. The Kier molecular flexibility index (Phi) is 6.42. The largest absolute Gasteiger partial charge is 0.494 e. The minimum atomic E-state index is -0.236. The van der Waals surface area contributed by atoms with Crippen molar-refractivity contribution < 1.29 is 9.13 Å². The summed E-state index contributed by atoms with van der Waals surface area (Å²) in [5.41, 5.74) is 4.10. The number of aromatic nitrogens is 1. The number of benzene rings is 2. The Morgan fingerprint density at radius 3 is 2.23 bits per heavy atom. The maximum atomic E-state index is 13.2. The molecule has 1 aliphatic heterocycles. The number of rotatable bonds is 5. The Morgan fingerprint density at radius 2 is 1.60 bits per heavy atom. The number of hydrogen-bond donors (Lipinski definition) is 0. The average molecular weight is 446 g/mol. The topological polar surface area (TPSA) is 28.6 Å². The van der Waals surface area contributed by atoms with Crippen molar-refractivity contribution >= 4 is 28.9 Å². The number of halogens is 3. The molecule has 4 rings (SSSR count). The van der Waals surface area contributed by atoms with Gasteiger partial charge in [0.15, 0.2) is 5.75 Å². The van der Waals surface area contributed by atoms with E-state index in [2.05, 4.69) is 20.9 Å². The van der Waals surface area contributed by atoms with Crippen LogP contribution in [0.25, 0.3) is 11.1 Å². The summed E-state index contributed by atoms with van der Waals surface area (Å²) in [7, 11) is 1.56. The van der Waals surface area contributed by atoms with Gasteiger partial charge in [-0.15, -0.1) is 0 Å². The van der Waals surface area contributed by atoms with Crippen LogP contribution in [0.2, 0.25) is 10.0 Å². The normalized spacial score (nSPS) is 14.7. The SMILES string of the molecule is COc1c(Cl)cc(N2CCN(Cc3cncc(-c4ccc(F)cc4)c3)CC2)cc1Cl. The number of pyridine rings is 1. The molecule has 7 heteroatoms. The zero-order chi connectivity index (χ0) is 21.1. The molecule has 30 heavy (non-hydrogen) atoms. The summed E-state index contributed by atoms with van der Waals surface area (Å²) in [6, 6.07) is 12.4. The van der Waals surface area contributed by atoms with E-state index in [9.17, 15) is 4.39 Å². The third kappa shape index (κ3) is 4.69. The number of hydrogen-bond acceptors (Lipinski definition) is 4. The second-order valence-corrected chi connectivity index (χ2v) is 8.11. The molecule has 0 radical (unpaired) electrons. The van der Waals surface area contributed by atoms with Crippen molar-refractivity contribution in [1.82, 2.24) is 9.88 Å². The fourth-order valence-electron chi connectivity index (χ4n) is 3.72. The lowest BCUT2D eigenvalue weighted by atomic mass is 10.1. The second-order valence-electron chi connectivity index (χ2n) is 7.29. The molecule has 0 N–H and O–H groups in total. The van der Waals surface area contributed by atoms with Gasteiger partial charge in [0.1, 0.15) is 5.82 Å². The molecular weight excluding hydrogens is 424 g/mol. The minimum absolute atomic E-state index is 0.236. The molecule has 1 aromatic heterocycles. The van der Waals surface area contributed by atoms with Gasteiger partial charge < -0.3 is 9.64 Å². The first-order chi connectivity index (χ1) is 14.5. The zero-order valence-electron chi connectivity index (χ0n) is 16.6. The molecule has 3 aromatic rings. The molecule has 0 atom stereocenters. The summed E-state index contributed by atoms with van der Waals surface area (Å²) in [5.74, 6) is 0.273. The molecular formula is C23H22Cl2FN3O. The predicted octanol–water partition coefficient (Wildman–Crippen LogP) is 5.53. The average Bonchev–Trinajstić information content (AvgIpc) is 2.75. The van der Waals surface area contributed by atoms with Crippen molar-refractivity contribution in [2.45, 2.75) is 6.54 Å². The van der Waals surface area contributed by atoms with E-state index < -0.39 is 0 Å². The Hall–Kier alpha value is -2.34. The molecule has 0 bridgehead atoms. The summed E-state index contributed by atoms with van der Waals surface area (Å²) in [5, 5.41) is 1.04. The van der Waals surface area contributed by atoms with E-state index in [1.807, 2.05) is 24.5 Å². The van der Waals surface area contributed by atoms with E-state index >= 15 is 0 Å². The van der Waals surface area contributed by atoms with Crippen LogP contribution in [-0.2, 0) is 6.54 Å². The van der Waals surface area contributed by atoms with Crippen LogP contribution >= 0.6 is 23.2 Å². The summed E-state index contributed by atoms with van der Waals surface area (Å²) < 4.78 is 18.4. The number of nitrogens with zero attached hydrogens (tertiary/aromatic N) is 3. The van der Waals surface area contributed by atoms with Gasteiger partial charge in [-0.3, -0.25) is 9.88 Å². The first-order valence-electron chi connectivity index (χ1n) is 9.73. The van der Waals surface area contributed by atoms with Crippen LogP contribution < -0.4 is 9.64 Å². The Labute approximate surface area is 185 Å². The lowest BCUT2D eigenvalue weighted by Crippen LogP contribution is -2.46. The fourth-order valence-corrected chi connectivity index (χ4v) is 4.35. The van der Waals surface area contributed by atoms with Crippen molar-refractivity contribution in [3.05, 3.63) is 76.3 Å². The molecule has 0 spiro atoms. The lowest BCUT2D eigenvalue weighted by molar-refractivity contribution is 0.249. The van der Waals surface area contributed by atoms with Gasteiger partial charge in [-0.25, -0.2) is 4.39 Å². The molecule has 0 amide bonds. The van der Waals surface area contributed by atoms with Crippen LogP contribution in [0.5, 0.6) is 5.75 Å². The summed E-state index contributed by atoms with van der Waals surface area (Å²) in [6.45, 7) is 4.41. The van der Waals surface area contributed by atoms with E-state index in [1.54, 1.807) is 19.2 Å². The second kappa shape index (κ2) is 9.21. The molecule has 2 heterocycles. The zero-order valence-corrected chi connectivity index (χ0v) is 18.1. The van der Waals surface area contributed by atoms with E-state index in [0.717, 1.165) is 55.1 Å². The van der Waals surface area contributed by atoms with Crippen LogP contribution in [0, 0.1) is 5.82 Å². The number of ether oxygens (including phenoxy) is 1. The first kappa shape index (κ1) is 20.9. The van der Waals surface area contributed by atoms with E-state index in [-0.39, 0.29) is 5.82 Å². The molecule has 0 aliphatic carbocycles. The van der Waals surface area contributed by atoms with Gasteiger partial charge in [0.05, 0.1) is 17.2 Å². The van der Waals surface area contributed by atoms with E-state index in [4.69, 9.17) is 27.9 Å². The molecule has 1 saturated heterocycles. The molecule has 1 fully saturated rings. The van der Waals surface area contributed by atoms with Gasteiger partial charge in [-0.1, -0.05) is 35.3 Å². The van der Waals surface area contributed by atoms with Gasteiger partial charge >= 0.3 is 0 Å². The maximum absolute atomic E-state index is 13.2. The smallest absolute Gasteiger partial charge is 0.156 e. The van der Waals surface area contributed by atoms with Crippen molar-refractivity contribution in [3.8, 4) is 16.9 Å². The van der Waals surface area contributed by atoms with Crippen LogP contribution in [0.3, 0.4) is 0 Å². The summed E-state index contributed by atoms with van der Waals surface area (Å²) in [6.07, 6.45) is 3.70. The molecule has 1 aliphatic rings. The fraction of sp³-hybridized carbons (Fsp3) is 0.261. The highest BCUT2D eigenvalue weighted by atomic mass is 35.5. The van der Waals surface area contributed by atoms with E-state index in [0.29, 0.717) is 15.8 Å². The van der Waals surface area contributed by atoms with Crippen molar-refractivity contribution in [2.75, 3.05) is 38.2 Å². The molecule has 4 nitrogen and oxygen atoms in total. The van der Waals surface area contributed by atoms with Crippen LogP contribution in [-0.4, -0.2) is 43.2 Å². The first-order valence-corrected chi connectivity index (χ1v) is 10.5. The monoisotopic (exact) mass is 445 g/mol. The third-order valence-electron chi connectivity index (χ3n) is 5.30.